The lowest BCUT2D eigenvalue weighted by Crippen LogP contribution is -2.15. The highest BCUT2D eigenvalue weighted by Crippen LogP contribution is 2.30. The number of methoxy groups -OCH3 is 1. The van der Waals surface area contributed by atoms with Gasteiger partial charge in [0.2, 0.25) is 0 Å². The standard InChI is InChI=1S/C21H22O3/c1-5-16(17-8-6-13(2)10-14(17)3)19-12-24-20-11-15(23-4)7-9-18(20)21(19)22/h6-12,16H,5H2,1-4H3/t16-/m0/s1. The Hall–Kier alpha value is -2.55. The van der Waals surface area contributed by atoms with Crippen molar-refractivity contribution >= 4 is 11.0 Å². The van der Waals surface area contributed by atoms with Crippen molar-refractivity contribution in [2.24, 2.45) is 0 Å². The minimum Gasteiger partial charge on any atom is -0.497 e. The van der Waals surface area contributed by atoms with Gasteiger partial charge in [-0.1, -0.05) is 30.7 Å². The second-order valence-electron chi connectivity index (χ2n) is 6.20. The molecule has 0 unspecified atom stereocenters. The third-order valence-electron chi connectivity index (χ3n) is 4.59. The van der Waals surface area contributed by atoms with Crippen LogP contribution >= 0.6 is 0 Å². The van der Waals surface area contributed by atoms with Crippen molar-refractivity contribution in [3.05, 3.63) is 75.1 Å². The van der Waals surface area contributed by atoms with E-state index in [-0.39, 0.29) is 11.3 Å². The minimum atomic E-state index is 0.0331. The Labute approximate surface area is 141 Å². The number of hydrogen-bond acceptors (Lipinski definition) is 3. The van der Waals surface area contributed by atoms with Crippen LogP contribution in [0.15, 0.2) is 51.9 Å². The SMILES string of the molecule is CC[C@@H](c1ccc(C)cc1C)c1coc2cc(OC)ccc2c1=O. The maximum absolute atomic E-state index is 13.0. The smallest absolute Gasteiger partial charge is 0.196 e. The topological polar surface area (TPSA) is 39.4 Å². The molecule has 0 saturated carbocycles. The molecule has 3 nitrogen and oxygen atoms in total. The van der Waals surface area contributed by atoms with Crippen molar-refractivity contribution in [2.75, 3.05) is 7.11 Å². The molecular formula is C21H22O3. The molecule has 0 aliphatic rings. The van der Waals surface area contributed by atoms with E-state index >= 15 is 0 Å². The van der Waals surface area contributed by atoms with Crippen LogP contribution in [0.4, 0.5) is 0 Å². The average Bonchev–Trinajstić information content (AvgIpc) is 2.58. The summed E-state index contributed by atoms with van der Waals surface area (Å²) >= 11 is 0. The van der Waals surface area contributed by atoms with Crippen LogP contribution in [0, 0.1) is 13.8 Å². The zero-order valence-electron chi connectivity index (χ0n) is 14.6. The molecule has 2 aromatic carbocycles. The van der Waals surface area contributed by atoms with Crippen molar-refractivity contribution in [3.63, 3.8) is 0 Å². The van der Waals surface area contributed by atoms with Gasteiger partial charge in [-0.2, -0.15) is 0 Å². The van der Waals surface area contributed by atoms with Crippen molar-refractivity contribution < 1.29 is 9.15 Å². The van der Waals surface area contributed by atoms with Gasteiger partial charge >= 0.3 is 0 Å². The van der Waals surface area contributed by atoms with E-state index in [1.165, 1.54) is 16.7 Å². The molecule has 0 fully saturated rings. The van der Waals surface area contributed by atoms with E-state index in [0.29, 0.717) is 22.3 Å². The fraction of sp³-hybridized carbons (Fsp3) is 0.286. The summed E-state index contributed by atoms with van der Waals surface area (Å²) in [5, 5.41) is 0.594. The van der Waals surface area contributed by atoms with Gasteiger partial charge in [0.15, 0.2) is 5.43 Å². The lowest BCUT2D eigenvalue weighted by atomic mass is 9.86. The van der Waals surface area contributed by atoms with E-state index in [9.17, 15) is 4.79 Å². The molecule has 0 amide bonds. The molecule has 0 aliphatic carbocycles. The van der Waals surface area contributed by atoms with Crippen molar-refractivity contribution in [2.45, 2.75) is 33.1 Å². The Morgan fingerprint density at radius 3 is 2.54 bits per heavy atom. The largest absolute Gasteiger partial charge is 0.497 e. The Kier molecular flexibility index (Phi) is 4.43. The summed E-state index contributed by atoms with van der Waals surface area (Å²) in [6.07, 6.45) is 2.45. The van der Waals surface area contributed by atoms with E-state index < -0.39 is 0 Å². The van der Waals surface area contributed by atoms with Crippen molar-refractivity contribution in [3.8, 4) is 5.75 Å². The fourth-order valence-corrected chi connectivity index (χ4v) is 3.32. The van der Waals surface area contributed by atoms with Crippen LogP contribution in [0.2, 0.25) is 0 Å². The fourth-order valence-electron chi connectivity index (χ4n) is 3.32. The Bertz CT molecular complexity index is 937. The maximum atomic E-state index is 13.0. The monoisotopic (exact) mass is 322 g/mol. The zero-order chi connectivity index (χ0) is 17.3. The molecule has 0 aliphatic heterocycles. The highest BCUT2D eigenvalue weighted by atomic mass is 16.5. The van der Waals surface area contributed by atoms with E-state index in [1.807, 2.05) is 0 Å². The van der Waals surface area contributed by atoms with Gasteiger partial charge in [-0.15, -0.1) is 0 Å². The predicted octanol–water partition coefficient (Wildman–Crippen LogP) is 4.96. The van der Waals surface area contributed by atoms with Crippen LogP contribution in [-0.4, -0.2) is 7.11 Å². The molecule has 0 spiro atoms. The van der Waals surface area contributed by atoms with Crippen molar-refractivity contribution in [1.82, 2.24) is 0 Å². The molecule has 0 bridgehead atoms. The number of rotatable bonds is 4. The lowest BCUT2D eigenvalue weighted by molar-refractivity contribution is 0.414. The first-order chi connectivity index (χ1) is 11.5. The molecular weight excluding hydrogens is 300 g/mol. The number of benzene rings is 2. The van der Waals surface area contributed by atoms with Crippen LogP contribution < -0.4 is 10.2 Å². The van der Waals surface area contributed by atoms with E-state index in [4.69, 9.17) is 9.15 Å². The number of hydrogen-bond donors (Lipinski definition) is 0. The van der Waals surface area contributed by atoms with Crippen molar-refractivity contribution in [1.29, 1.82) is 0 Å². The first-order valence-corrected chi connectivity index (χ1v) is 8.21. The Morgan fingerprint density at radius 2 is 1.88 bits per heavy atom. The van der Waals surface area contributed by atoms with Crippen LogP contribution in [0.25, 0.3) is 11.0 Å². The third-order valence-corrected chi connectivity index (χ3v) is 4.59. The van der Waals surface area contributed by atoms with Gasteiger partial charge in [0.05, 0.1) is 18.8 Å². The summed E-state index contributed by atoms with van der Waals surface area (Å²) in [6, 6.07) is 11.7. The maximum Gasteiger partial charge on any atom is 0.196 e. The first-order valence-electron chi connectivity index (χ1n) is 8.21. The molecule has 1 atom stereocenters. The molecule has 3 heteroatoms. The summed E-state index contributed by atoms with van der Waals surface area (Å²) in [5.74, 6) is 0.716. The van der Waals surface area contributed by atoms with Crippen LogP contribution in [0.1, 0.15) is 41.5 Å². The van der Waals surface area contributed by atoms with Crippen LogP contribution in [0.5, 0.6) is 5.75 Å². The Balaban J connectivity index is 2.16. The van der Waals surface area contributed by atoms with Crippen LogP contribution in [-0.2, 0) is 0 Å². The summed E-state index contributed by atoms with van der Waals surface area (Å²) < 4.78 is 10.9. The number of aryl methyl sites for hydroxylation is 2. The molecule has 124 valence electrons. The van der Waals surface area contributed by atoms with E-state index in [2.05, 4.69) is 39.0 Å². The van der Waals surface area contributed by atoms with Gasteiger partial charge in [0.1, 0.15) is 11.3 Å². The van der Waals surface area contributed by atoms with Gasteiger partial charge in [0, 0.05) is 17.5 Å². The highest BCUT2D eigenvalue weighted by molar-refractivity contribution is 5.78. The van der Waals surface area contributed by atoms with Gasteiger partial charge in [0.25, 0.3) is 0 Å². The quantitative estimate of drug-likeness (QED) is 0.681. The van der Waals surface area contributed by atoms with Gasteiger partial charge in [-0.05, 0) is 43.5 Å². The molecule has 0 N–H and O–H groups in total. The van der Waals surface area contributed by atoms with Gasteiger partial charge in [-0.25, -0.2) is 0 Å². The normalized spacial score (nSPS) is 12.3. The molecule has 0 radical (unpaired) electrons. The van der Waals surface area contributed by atoms with Gasteiger partial charge < -0.3 is 9.15 Å². The second-order valence-corrected chi connectivity index (χ2v) is 6.20. The zero-order valence-corrected chi connectivity index (χ0v) is 14.6. The summed E-state index contributed by atoms with van der Waals surface area (Å²) in [5.41, 5.74) is 4.91. The number of ether oxygens (including phenoxy) is 1. The lowest BCUT2D eigenvalue weighted by Gasteiger charge is -2.18. The first kappa shape index (κ1) is 16.3. The highest BCUT2D eigenvalue weighted by Gasteiger charge is 2.20. The predicted molar refractivity (Wildman–Crippen MR) is 97.1 cm³/mol. The average molecular weight is 322 g/mol. The van der Waals surface area contributed by atoms with Gasteiger partial charge in [-0.3, -0.25) is 4.79 Å². The molecule has 3 rings (SSSR count). The third kappa shape index (κ3) is 2.82. The molecule has 3 aromatic rings. The molecule has 1 heterocycles. The second kappa shape index (κ2) is 6.52. The minimum absolute atomic E-state index is 0.0331. The van der Waals surface area contributed by atoms with E-state index in [1.54, 1.807) is 31.6 Å². The summed E-state index contributed by atoms with van der Waals surface area (Å²) in [6.45, 7) is 6.27. The Morgan fingerprint density at radius 1 is 1.08 bits per heavy atom. The summed E-state index contributed by atoms with van der Waals surface area (Å²) in [4.78, 5) is 13.0. The van der Waals surface area contributed by atoms with E-state index in [0.717, 1.165) is 6.42 Å². The van der Waals surface area contributed by atoms with Crippen LogP contribution in [0.3, 0.4) is 0 Å². The summed E-state index contributed by atoms with van der Waals surface area (Å²) in [7, 11) is 1.60. The number of fused-ring (bicyclic) bond motifs is 1. The molecule has 0 saturated heterocycles. The molecule has 1 aromatic heterocycles. The molecule has 24 heavy (non-hydrogen) atoms.